The normalized spacial score (nSPS) is 10.3. The molecule has 4 nitrogen and oxygen atoms in total. The molecule has 0 aliphatic rings. The highest BCUT2D eigenvalue weighted by molar-refractivity contribution is 6.05. The molecular weight excluding hydrogens is 310 g/mol. The molecule has 0 radical (unpaired) electrons. The number of para-hydroxylation sites is 1. The Labute approximate surface area is 147 Å². The molecule has 2 N–H and O–H groups in total. The minimum atomic E-state index is -0.174. The molecule has 0 saturated carbocycles. The van der Waals surface area contributed by atoms with Crippen LogP contribution in [0.4, 0.5) is 17.1 Å². The minimum absolute atomic E-state index is 0.174. The highest BCUT2D eigenvalue weighted by Gasteiger charge is 2.09. The van der Waals surface area contributed by atoms with Gasteiger partial charge < -0.3 is 10.6 Å². The maximum Gasteiger partial charge on any atom is 0.257 e. The average Bonchev–Trinajstić information content (AvgIpc) is 2.64. The molecule has 0 saturated heterocycles. The summed E-state index contributed by atoms with van der Waals surface area (Å²) in [7, 11) is 0. The molecule has 1 aromatic heterocycles. The molecule has 0 unspecified atom stereocenters. The molecule has 0 fully saturated rings. The van der Waals surface area contributed by atoms with Gasteiger partial charge in [-0.2, -0.15) is 0 Å². The van der Waals surface area contributed by atoms with Gasteiger partial charge in [-0.25, -0.2) is 0 Å². The minimum Gasteiger partial charge on any atom is -0.354 e. The van der Waals surface area contributed by atoms with E-state index in [0.717, 1.165) is 29.0 Å². The number of amides is 1. The molecule has 1 amide bonds. The van der Waals surface area contributed by atoms with Crippen LogP contribution in [-0.4, -0.2) is 10.9 Å². The summed E-state index contributed by atoms with van der Waals surface area (Å²) < 4.78 is 0. The zero-order chi connectivity index (χ0) is 17.6. The number of nitrogens with zero attached hydrogens (tertiary/aromatic N) is 1. The number of carbonyl (C=O) groups is 1. The first-order valence-electron chi connectivity index (χ1n) is 8.33. The van der Waals surface area contributed by atoms with Crippen molar-refractivity contribution in [2.45, 2.75) is 20.3 Å². The lowest BCUT2D eigenvalue weighted by molar-refractivity contribution is 0.102. The maximum atomic E-state index is 12.5. The molecule has 0 aliphatic carbocycles. The Hall–Kier alpha value is -3.14. The largest absolute Gasteiger partial charge is 0.354 e. The summed E-state index contributed by atoms with van der Waals surface area (Å²) in [5, 5.41) is 6.21. The van der Waals surface area contributed by atoms with Crippen LogP contribution >= 0.6 is 0 Å². The van der Waals surface area contributed by atoms with E-state index in [4.69, 9.17) is 0 Å². The Morgan fingerprint density at radius 3 is 2.48 bits per heavy atom. The van der Waals surface area contributed by atoms with Crippen molar-refractivity contribution in [3.05, 3.63) is 83.7 Å². The van der Waals surface area contributed by atoms with Gasteiger partial charge in [0.1, 0.15) is 0 Å². The van der Waals surface area contributed by atoms with E-state index in [1.807, 2.05) is 43.3 Å². The van der Waals surface area contributed by atoms with E-state index in [2.05, 4.69) is 34.7 Å². The molecule has 3 aromatic rings. The van der Waals surface area contributed by atoms with Gasteiger partial charge >= 0.3 is 0 Å². The van der Waals surface area contributed by atoms with E-state index in [-0.39, 0.29) is 5.91 Å². The first-order chi connectivity index (χ1) is 12.2. The zero-order valence-electron chi connectivity index (χ0n) is 14.4. The fourth-order valence-corrected chi connectivity index (χ4v) is 2.53. The van der Waals surface area contributed by atoms with Crippen LogP contribution in [0.3, 0.4) is 0 Å². The summed E-state index contributed by atoms with van der Waals surface area (Å²) in [6.45, 7) is 4.09. The monoisotopic (exact) mass is 331 g/mol. The second kappa shape index (κ2) is 7.62. The first kappa shape index (κ1) is 16.7. The molecule has 25 heavy (non-hydrogen) atoms. The highest BCUT2D eigenvalue weighted by atomic mass is 16.1. The Morgan fingerprint density at radius 1 is 1.00 bits per heavy atom. The van der Waals surface area contributed by atoms with E-state index in [1.54, 1.807) is 18.5 Å². The molecule has 0 atom stereocenters. The number of anilines is 3. The number of rotatable bonds is 5. The van der Waals surface area contributed by atoms with E-state index >= 15 is 0 Å². The highest BCUT2D eigenvalue weighted by Crippen LogP contribution is 2.19. The molecule has 0 bridgehead atoms. The van der Waals surface area contributed by atoms with E-state index in [0.29, 0.717) is 5.56 Å². The number of aromatic nitrogens is 1. The lowest BCUT2D eigenvalue weighted by Gasteiger charge is -2.10. The summed E-state index contributed by atoms with van der Waals surface area (Å²) in [6.07, 6.45) is 4.29. The van der Waals surface area contributed by atoms with Crippen molar-refractivity contribution < 1.29 is 4.79 Å². The van der Waals surface area contributed by atoms with Crippen LogP contribution in [0.2, 0.25) is 0 Å². The number of benzene rings is 2. The van der Waals surface area contributed by atoms with Gasteiger partial charge in [-0.1, -0.05) is 37.3 Å². The second-order valence-corrected chi connectivity index (χ2v) is 5.91. The van der Waals surface area contributed by atoms with Gasteiger partial charge in [0, 0.05) is 17.6 Å². The average molecular weight is 331 g/mol. The summed E-state index contributed by atoms with van der Waals surface area (Å²) in [5.74, 6) is -0.174. The van der Waals surface area contributed by atoms with E-state index < -0.39 is 0 Å². The first-order valence-corrected chi connectivity index (χ1v) is 8.33. The Balaban J connectivity index is 1.74. The zero-order valence-corrected chi connectivity index (χ0v) is 14.4. The smallest absolute Gasteiger partial charge is 0.257 e. The third kappa shape index (κ3) is 4.23. The quantitative estimate of drug-likeness (QED) is 0.695. The topological polar surface area (TPSA) is 54.0 Å². The van der Waals surface area contributed by atoms with Crippen molar-refractivity contribution in [2.24, 2.45) is 0 Å². The Bertz CT molecular complexity index is 872. The van der Waals surface area contributed by atoms with Gasteiger partial charge in [0.2, 0.25) is 0 Å². The third-order valence-electron chi connectivity index (χ3n) is 4.04. The van der Waals surface area contributed by atoms with Gasteiger partial charge in [-0.3, -0.25) is 9.78 Å². The summed E-state index contributed by atoms with van der Waals surface area (Å²) in [6, 6.07) is 17.7. The van der Waals surface area contributed by atoms with Crippen molar-refractivity contribution in [2.75, 3.05) is 10.6 Å². The molecule has 4 heteroatoms. The van der Waals surface area contributed by atoms with Crippen LogP contribution in [0.5, 0.6) is 0 Å². The standard InChI is InChI=1S/C21H21N3O/c1-3-16-8-10-18(11-9-16)23-19-12-17(13-22-14-19)21(25)24-20-7-5-4-6-15(20)2/h4-14,23H,3H2,1-2H3,(H,24,25). The van der Waals surface area contributed by atoms with Crippen molar-refractivity contribution in [1.29, 1.82) is 0 Å². The maximum absolute atomic E-state index is 12.5. The number of carbonyl (C=O) groups excluding carboxylic acids is 1. The summed E-state index contributed by atoms with van der Waals surface area (Å²) in [4.78, 5) is 16.7. The third-order valence-corrected chi connectivity index (χ3v) is 4.04. The van der Waals surface area contributed by atoms with E-state index in [1.165, 1.54) is 5.56 Å². The molecular formula is C21H21N3O. The lowest BCUT2D eigenvalue weighted by Crippen LogP contribution is -2.13. The molecule has 126 valence electrons. The predicted molar refractivity (Wildman–Crippen MR) is 102 cm³/mol. The predicted octanol–water partition coefficient (Wildman–Crippen LogP) is 4.95. The number of pyridine rings is 1. The van der Waals surface area contributed by atoms with Crippen molar-refractivity contribution in [3.8, 4) is 0 Å². The van der Waals surface area contributed by atoms with E-state index in [9.17, 15) is 4.79 Å². The summed E-state index contributed by atoms with van der Waals surface area (Å²) in [5.41, 5.74) is 5.38. The van der Waals surface area contributed by atoms with Crippen LogP contribution < -0.4 is 10.6 Å². The fourth-order valence-electron chi connectivity index (χ4n) is 2.53. The van der Waals surface area contributed by atoms with Crippen molar-refractivity contribution >= 4 is 23.0 Å². The van der Waals surface area contributed by atoms with Crippen molar-refractivity contribution in [1.82, 2.24) is 4.98 Å². The van der Waals surface area contributed by atoms with Gasteiger partial charge in [0.05, 0.1) is 17.4 Å². The van der Waals surface area contributed by atoms with Crippen LogP contribution in [0.15, 0.2) is 67.0 Å². The van der Waals surface area contributed by atoms with Crippen molar-refractivity contribution in [3.63, 3.8) is 0 Å². The number of nitrogens with one attached hydrogen (secondary N) is 2. The molecule has 2 aromatic carbocycles. The molecule has 0 aliphatic heterocycles. The van der Waals surface area contributed by atoms with Crippen LogP contribution in [0, 0.1) is 6.92 Å². The Kier molecular flexibility index (Phi) is 5.09. The molecule has 3 rings (SSSR count). The fraction of sp³-hybridized carbons (Fsp3) is 0.143. The second-order valence-electron chi connectivity index (χ2n) is 5.91. The SMILES string of the molecule is CCc1ccc(Nc2cncc(C(=O)Nc3ccccc3C)c2)cc1. The Morgan fingerprint density at radius 2 is 1.76 bits per heavy atom. The van der Waals surface area contributed by atoms with Gasteiger partial charge in [0.15, 0.2) is 0 Å². The lowest BCUT2D eigenvalue weighted by atomic mass is 10.1. The molecule has 1 heterocycles. The van der Waals surface area contributed by atoms with Gasteiger partial charge in [-0.15, -0.1) is 0 Å². The van der Waals surface area contributed by atoms with Gasteiger partial charge in [-0.05, 0) is 48.7 Å². The van der Waals surface area contributed by atoms with Crippen LogP contribution in [0.25, 0.3) is 0 Å². The van der Waals surface area contributed by atoms with Gasteiger partial charge in [0.25, 0.3) is 5.91 Å². The number of hydrogen-bond donors (Lipinski definition) is 2. The number of aryl methyl sites for hydroxylation is 2. The molecule has 0 spiro atoms. The summed E-state index contributed by atoms with van der Waals surface area (Å²) >= 11 is 0. The van der Waals surface area contributed by atoms with Crippen LogP contribution in [-0.2, 0) is 6.42 Å². The van der Waals surface area contributed by atoms with Crippen LogP contribution in [0.1, 0.15) is 28.4 Å². The number of hydrogen-bond acceptors (Lipinski definition) is 3.